The molecule has 0 bridgehead atoms. The summed E-state index contributed by atoms with van der Waals surface area (Å²) in [7, 11) is -4.08. The molecule has 0 fully saturated rings. The number of anilines is 2. The van der Waals surface area contributed by atoms with Crippen LogP contribution in [-0.2, 0) is 14.8 Å². The molecule has 0 unspecified atom stereocenters. The van der Waals surface area contributed by atoms with Crippen molar-refractivity contribution in [2.75, 3.05) is 22.8 Å². The largest absolute Gasteiger partial charge is 0.492 e. The van der Waals surface area contributed by atoms with Crippen LogP contribution in [0.4, 0.5) is 11.4 Å². The number of rotatable bonds is 8. The number of aryl methyl sites for hydroxylation is 1. The van der Waals surface area contributed by atoms with Crippen molar-refractivity contribution >= 4 is 49.2 Å². The molecule has 1 heterocycles. The maximum Gasteiger partial charge on any atom is 0.264 e. The van der Waals surface area contributed by atoms with Crippen molar-refractivity contribution in [2.24, 2.45) is 0 Å². The van der Waals surface area contributed by atoms with Gasteiger partial charge in [0.15, 0.2) is 0 Å². The highest BCUT2D eigenvalue weighted by molar-refractivity contribution is 7.92. The molecule has 5 aromatic rings. The van der Waals surface area contributed by atoms with Gasteiger partial charge in [-0.05, 0) is 56.3 Å². The molecular formula is C29H26N2O5S. The van der Waals surface area contributed by atoms with Gasteiger partial charge < -0.3 is 14.5 Å². The zero-order valence-electron chi connectivity index (χ0n) is 20.5. The summed E-state index contributed by atoms with van der Waals surface area (Å²) < 4.78 is 40.2. The van der Waals surface area contributed by atoms with Gasteiger partial charge in [0.2, 0.25) is 5.91 Å². The zero-order chi connectivity index (χ0) is 26.0. The Balaban J connectivity index is 1.48. The van der Waals surface area contributed by atoms with E-state index in [0.29, 0.717) is 23.6 Å². The number of nitrogens with one attached hydrogen (secondary N) is 1. The van der Waals surface area contributed by atoms with Gasteiger partial charge in [-0.3, -0.25) is 9.10 Å². The normalized spacial score (nSPS) is 11.5. The Morgan fingerprint density at radius 3 is 2.38 bits per heavy atom. The lowest BCUT2D eigenvalue weighted by atomic mass is 10.1. The SMILES string of the molecule is CCOc1ccccc1N(CC(=O)Nc1ccc2c(c1)oc1ccccc12)S(=O)(=O)c1ccc(C)cc1. The second-order valence-electron chi connectivity index (χ2n) is 8.58. The molecule has 1 aromatic heterocycles. The van der Waals surface area contributed by atoms with E-state index in [1.165, 1.54) is 12.1 Å². The maximum absolute atomic E-state index is 13.7. The van der Waals surface area contributed by atoms with Crippen LogP contribution in [0, 0.1) is 6.92 Å². The van der Waals surface area contributed by atoms with Crippen molar-refractivity contribution in [3.05, 3.63) is 96.6 Å². The highest BCUT2D eigenvalue weighted by atomic mass is 32.2. The van der Waals surface area contributed by atoms with E-state index in [0.717, 1.165) is 26.2 Å². The quantitative estimate of drug-likeness (QED) is 0.269. The molecule has 0 radical (unpaired) electrons. The number of benzene rings is 4. The molecule has 0 spiro atoms. The minimum Gasteiger partial charge on any atom is -0.492 e. The number of nitrogens with zero attached hydrogens (tertiary/aromatic N) is 1. The molecule has 0 aliphatic heterocycles. The van der Waals surface area contributed by atoms with E-state index in [9.17, 15) is 13.2 Å². The maximum atomic E-state index is 13.7. The van der Waals surface area contributed by atoms with Gasteiger partial charge in [-0.2, -0.15) is 0 Å². The Morgan fingerprint density at radius 2 is 1.59 bits per heavy atom. The van der Waals surface area contributed by atoms with Crippen LogP contribution in [0.15, 0.2) is 100 Å². The molecule has 37 heavy (non-hydrogen) atoms. The number of fused-ring (bicyclic) bond motifs is 3. The number of sulfonamides is 1. The molecule has 5 rings (SSSR count). The molecule has 0 saturated carbocycles. The van der Waals surface area contributed by atoms with Crippen LogP contribution in [0.1, 0.15) is 12.5 Å². The van der Waals surface area contributed by atoms with Gasteiger partial charge in [0.1, 0.15) is 23.5 Å². The van der Waals surface area contributed by atoms with Gasteiger partial charge in [0.25, 0.3) is 10.0 Å². The van der Waals surface area contributed by atoms with Gasteiger partial charge in [-0.25, -0.2) is 8.42 Å². The zero-order valence-corrected chi connectivity index (χ0v) is 21.3. The first-order chi connectivity index (χ1) is 17.9. The number of hydrogen-bond donors (Lipinski definition) is 1. The molecule has 0 aliphatic rings. The first kappa shape index (κ1) is 24.4. The van der Waals surface area contributed by atoms with E-state index in [-0.39, 0.29) is 10.6 Å². The van der Waals surface area contributed by atoms with Crippen molar-refractivity contribution in [2.45, 2.75) is 18.7 Å². The predicted molar refractivity (Wildman–Crippen MR) is 146 cm³/mol. The summed E-state index contributed by atoms with van der Waals surface area (Å²) in [5.74, 6) is -0.130. The Kier molecular flexibility index (Phi) is 6.58. The van der Waals surface area contributed by atoms with Crippen molar-refractivity contribution in [3.8, 4) is 5.75 Å². The van der Waals surface area contributed by atoms with Crippen LogP contribution in [0.25, 0.3) is 21.9 Å². The van der Waals surface area contributed by atoms with Gasteiger partial charge >= 0.3 is 0 Å². The third-order valence-electron chi connectivity index (χ3n) is 5.99. The number of carbonyl (C=O) groups excluding carboxylic acids is 1. The summed E-state index contributed by atoms with van der Waals surface area (Å²) in [6.07, 6.45) is 0. The minimum absolute atomic E-state index is 0.0842. The van der Waals surface area contributed by atoms with Gasteiger partial charge in [-0.1, -0.05) is 48.0 Å². The van der Waals surface area contributed by atoms with E-state index in [2.05, 4.69) is 5.32 Å². The van der Waals surface area contributed by atoms with E-state index in [4.69, 9.17) is 9.15 Å². The van der Waals surface area contributed by atoms with E-state index >= 15 is 0 Å². The average molecular weight is 515 g/mol. The van der Waals surface area contributed by atoms with Crippen LogP contribution in [0.3, 0.4) is 0 Å². The van der Waals surface area contributed by atoms with Gasteiger partial charge in [0, 0.05) is 22.5 Å². The highest BCUT2D eigenvalue weighted by Crippen LogP contribution is 2.33. The summed E-state index contributed by atoms with van der Waals surface area (Å²) >= 11 is 0. The second kappa shape index (κ2) is 9.99. The second-order valence-corrected chi connectivity index (χ2v) is 10.4. The lowest BCUT2D eigenvalue weighted by Gasteiger charge is -2.26. The average Bonchev–Trinajstić information content (AvgIpc) is 3.26. The van der Waals surface area contributed by atoms with Crippen molar-refractivity contribution in [1.82, 2.24) is 0 Å². The minimum atomic E-state index is -4.08. The Labute approximate surface area is 215 Å². The lowest BCUT2D eigenvalue weighted by Crippen LogP contribution is -2.38. The molecule has 0 saturated heterocycles. The number of carbonyl (C=O) groups is 1. The van der Waals surface area contributed by atoms with Crippen LogP contribution in [-0.4, -0.2) is 27.5 Å². The summed E-state index contributed by atoms with van der Waals surface area (Å²) in [6, 6.07) is 26.4. The number of ether oxygens (including phenoxy) is 1. The summed E-state index contributed by atoms with van der Waals surface area (Å²) in [5, 5.41) is 4.73. The smallest absolute Gasteiger partial charge is 0.264 e. The summed E-state index contributed by atoms with van der Waals surface area (Å²) in [4.78, 5) is 13.3. The first-order valence-corrected chi connectivity index (χ1v) is 13.3. The fraction of sp³-hybridized carbons (Fsp3) is 0.138. The molecule has 188 valence electrons. The lowest BCUT2D eigenvalue weighted by molar-refractivity contribution is -0.114. The van der Waals surface area contributed by atoms with Crippen molar-refractivity contribution in [1.29, 1.82) is 0 Å². The highest BCUT2D eigenvalue weighted by Gasteiger charge is 2.29. The molecule has 0 atom stereocenters. The van der Waals surface area contributed by atoms with Gasteiger partial charge in [0.05, 0.1) is 17.2 Å². The van der Waals surface area contributed by atoms with Crippen molar-refractivity contribution < 1.29 is 22.4 Å². The number of furan rings is 1. The predicted octanol–water partition coefficient (Wildman–Crippen LogP) is 6.13. The molecule has 7 nitrogen and oxygen atoms in total. The standard InChI is InChI=1S/C29H26N2O5S/c1-3-35-27-11-7-5-9-25(27)31(37(33,34)22-15-12-20(2)13-16-22)19-29(32)30-21-14-17-24-23-8-4-6-10-26(23)36-28(24)18-21/h4-18H,3,19H2,1-2H3,(H,30,32). The fourth-order valence-corrected chi connectivity index (χ4v) is 5.64. The van der Waals surface area contributed by atoms with Crippen LogP contribution in [0.2, 0.25) is 0 Å². The van der Waals surface area contributed by atoms with E-state index in [1.807, 2.05) is 44.2 Å². The molecule has 1 amide bonds. The van der Waals surface area contributed by atoms with Crippen molar-refractivity contribution in [3.63, 3.8) is 0 Å². The summed E-state index contributed by atoms with van der Waals surface area (Å²) in [5.41, 5.74) is 3.10. The Morgan fingerprint density at radius 1 is 0.892 bits per heavy atom. The number of para-hydroxylation sites is 3. The topological polar surface area (TPSA) is 88.8 Å². The summed E-state index contributed by atoms with van der Waals surface area (Å²) in [6.45, 7) is 3.60. The molecule has 1 N–H and O–H groups in total. The molecule has 4 aromatic carbocycles. The first-order valence-electron chi connectivity index (χ1n) is 11.9. The molecule has 8 heteroatoms. The Hall–Kier alpha value is -4.30. The Bertz CT molecular complexity index is 1690. The van der Waals surface area contributed by atoms with Gasteiger partial charge in [-0.15, -0.1) is 0 Å². The fourth-order valence-electron chi connectivity index (χ4n) is 4.21. The van der Waals surface area contributed by atoms with Crippen LogP contribution < -0.4 is 14.4 Å². The molecule has 0 aliphatic carbocycles. The third kappa shape index (κ3) is 4.88. The van der Waals surface area contributed by atoms with E-state index < -0.39 is 22.5 Å². The van der Waals surface area contributed by atoms with Crippen LogP contribution in [0.5, 0.6) is 5.75 Å². The number of amides is 1. The van der Waals surface area contributed by atoms with Crippen LogP contribution >= 0.6 is 0 Å². The third-order valence-corrected chi connectivity index (χ3v) is 7.77. The van der Waals surface area contributed by atoms with E-state index in [1.54, 1.807) is 48.5 Å². The molecular weight excluding hydrogens is 488 g/mol. The number of hydrogen-bond acceptors (Lipinski definition) is 5. The monoisotopic (exact) mass is 514 g/mol.